The van der Waals surface area contributed by atoms with Crippen LogP contribution >= 0.6 is 0 Å². The minimum absolute atomic E-state index is 0.160. The van der Waals surface area contributed by atoms with Crippen LogP contribution in [0.5, 0.6) is 0 Å². The van der Waals surface area contributed by atoms with Gasteiger partial charge >= 0.3 is 0 Å². The molecule has 2 amide bonds. The average Bonchev–Trinajstić information content (AvgIpc) is 3.17. The fourth-order valence-electron chi connectivity index (χ4n) is 4.77. The van der Waals surface area contributed by atoms with Gasteiger partial charge in [0.1, 0.15) is 5.76 Å². The Kier molecular flexibility index (Phi) is 5.60. The van der Waals surface area contributed by atoms with E-state index in [0.717, 1.165) is 0 Å². The number of benzene rings is 2. The molecule has 1 N–H and O–H groups in total. The van der Waals surface area contributed by atoms with Crippen LogP contribution in [0, 0.1) is 0 Å². The van der Waals surface area contributed by atoms with E-state index in [1.807, 2.05) is 38.1 Å². The lowest BCUT2D eigenvalue weighted by atomic mass is 9.82. The second-order valence-electron chi connectivity index (χ2n) is 8.31. The Balaban J connectivity index is 2.00. The molecule has 2 heterocycles. The third-order valence-electron chi connectivity index (χ3n) is 6.16. The number of Topliss-reactive ketones (excluding diaryl/α,β-unsaturated/α-hetero) is 1. The van der Waals surface area contributed by atoms with Crippen LogP contribution in [-0.2, 0) is 19.9 Å². The van der Waals surface area contributed by atoms with Gasteiger partial charge in [0.25, 0.3) is 17.6 Å². The molecule has 32 heavy (non-hydrogen) atoms. The summed E-state index contributed by atoms with van der Waals surface area (Å²) >= 11 is 0. The number of likely N-dealkylation sites (tertiary alicyclic amines) is 1. The van der Waals surface area contributed by atoms with Crippen molar-refractivity contribution in [3.05, 3.63) is 71.3 Å². The molecule has 2 aromatic rings. The number of likely N-dealkylation sites (N-methyl/N-ethyl adjacent to an activating group) is 1. The molecule has 2 aliphatic rings. The summed E-state index contributed by atoms with van der Waals surface area (Å²) in [5, 5.41) is 11.3. The Bertz CT molecular complexity index is 1110. The smallest absolute Gasteiger partial charge is 0.296 e. The van der Waals surface area contributed by atoms with Gasteiger partial charge in [-0.15, -0.1) is 0 Å². The van der Waals surface area contributed by atoms with Crippen molar-refractivity contribution >= 4 is 29.0 Å². The van der Waals surface area contributed by atoms with E-state index in [1.54, 1.807) is 47.4 Å². The van der Waals surface area contributed by atoms with E-state index in [2.05, 4.69) is 0 Å². The van der Waals surface area contributed by atoms with Gasteiger partial charge in [0.05, 0.1) is 11.3 Å². The predicted octanol–water partition coefficient (Wildman–Crippen LogP) is 2.58. The van der Waals surface area contributed by atoms with Gasteiger partial charge in [-0.25, -0.2) is 0 Å². The van der Waals surface area contributed by atoms with Crippen LogP contribution in [0.15, 0.2) is 60.2 Å². The maximum atomic E-state index is 14.0. The minimum Gasteiger partial charge on any atom is -0.507 e. The van der Waals surface area contributed by atoms with Crippen LogP contribution in [-0.4, -0.2) is 66.2 Å². The summed E-state index contributed by atoms with van der Waals surface area (Å²) in [5.41, 5.74) is -0.246. The number of para-hydroxylation sites is 1. The molecule has 7 nitrogen and oxygen atoms in total. The van der Waals surface area contributed by atoms with Crippen molar-refractivity contribution in [2.75, 3.05) is 38.6 Å². The monoisotopic (exact) mass is 433 g/mol. The van der Waals surface area contributed by atoms with Crippen LogP contribution in [0.4, 0.5) is 5.69 Å². The molecule has 0 aliphatic carbocycles. The topological polar surface area (TPSA) is 81.2 Å². The quantitative estimate of drug-likeness (QED) is 0.430. The molecule has 0 aromatic heterocycles. The number of amides is 2. The summed E-state index contributed by atoms with van der Waals surface area (Å²) in [6, 6.07) is 15.8. The zero-order valence-corrected chi connectivity index (χ0v) is 18.5. The second-order valence-corrected chi connectivity index (χ2v) is 8.31. The number of aliphatic hydroxyl groups excluding tert-OH is 1. The van der Waals surface area contributed by atoms with Crippen molar-refractivity contribution in [1.29, 1.82) is 0 Å². The third kappa shape index (κ3) is 3.04. The maximum absolute atomic E-state index is 14.0. The normalized spacial score (nSPS) is 21.8. The standard InChI is InChI=1S/C25H27N3O4/c1-4-27-19-14-9-8-13-18(19)25(24(27)32)20(21(29)17-11-6-5-7-12-17)22(30)23(31)28(25)16-10-15-26(2)3/h5-9,11-14,29H,4,10,15-16H2,1-3H3/t25-/m1/s1. The van der Waals surface area contributed by atoms with E-state index >= 15 is 0 Å². The van der Waals surface area contributed by atoms with Gasteiger partial charge in [-0.05, 0) is 40.1 Å². The van der Waals surface area contributed by atoms with Gasteiger partial charge in [0.2, 0.25) is 0 Å². The zero-order valence-electron chi connectivity index (χ0n) is 18.5. The van der Waals surface area contributed by atoms with Gasteiger partial charge in [-0.1, -0.05) is 48.5 Å². The Morgan fingerprint density at radius 1 is 1.00 bits per heavy atom. The number of anilines is 1. The maximum Gasteiger partial charge on any atom is 0.296 e. The Hall–Kier alpha value is -3.45. The van der Waals surface area contributed by atoms with Gasteiger partial charge in [-0.3, -0.25) is 14.4 Å². The van der Waals surface area contributed by atoms with Crippen LogP contribution in [0.3, 0.4) is 0 Å². The number of hydrogen-bond donors (Lipinski definition) is 1. The molecule has 7 heteroatoms. The van der Waals surface area contributed by atoms with E-state index in [-0.39, 0.29) is 23.8 Å². The second kappa shape index (κ2) is 8.24. The van der Waals surface area contributed by atoms with Crippen molar-refractivity contribution in [2.24, 2.45) is 0 Å². The van der Waals surface area contributed by atoms with Crippen LogP contribution in [0.2, 0.25) is 0 Å². The number of aliphatic hydroxyl groups is 1. The van der Waals surface area contributed by atoms with Crippen molar-refractivity contribution in [1.82, 2.24) is 9.80 Å². The van der Waals surface area contributed by atoms with Crippen LogP contribution < -0.4 is 4.90 Å². The lowest BCUT2D eigenvalue weighted by molar-refractivity contribution is -0.143. The minimum atomic E-state index is -1.67. The van der Waals surface area contributed by atoms with Crippen molar-refractivity contribution in [3.63, 3.8) is 0 Å². The van der Waals surface area contributed by atoms with Gasteiger partial charge in [-0.2, -0.15) is 0 Å². The number of carbonyl (C=O) groups is 3. The van der Waals surface area contributed by atoms with Crippen molar-refractivity contribution < 1.29 is 19.5 Å². The summed E-state index contributed by atoms with van der Waals surface area (Å²) in [6.07, 6.45) is 0.578. The lowest BCUT2D eigenvalue weighted by Crippen LogP contribution is -2.52. The number of rotatable bonds is 6. The fourth-order valence-corrected chi connectivity index (χ4v) is 4.77. The number of hydrogen-bond acceptors (Lipinski definition) is 5. The fraction of sp³-hybridized carbons (Fsp3) is 0.320. The Labute approximate surface area is 187 Å². The largest absolute Gasteiger partial charge is 0.507 e. The molecule has 2 aromatic carbocycles. The molecule has 0 saturated carbocycles. The van der Waals surface area contributed by atoms with E-state index < -0.39 is 17.2 Å². The first-order valence-electron chi connectivity index (χ1n) is 10.8. The molecular weight excluding hydrogens is 406 g/mol. The first kappa shape index (κ1) is 21.8. The molecule has 0 bridgehead atoms. The van der Waals surface area contributed by atoms with Gasteiger partial charge in [0, 0.05) is 24.2 Å². The number of carbonyl (C=O) groups excluding carboxylic acids is 3. The van der Waals surface area contributed by atoms with Crippen LogP contribution in [0.25, 0.3) is 5.76 Å². The molecule has 4 rings (SSSR count). The third-order valence-corrected chi connectivity index (χ3v) is 6.16. The van der Waals surface area contributed by atoms with E-state index in [4.69, 9.17) is 0 Å². The van der Waals surface area contributed by atoms with Crippen molar-refractivity contribution in [2.45, 2.75) is 18.9 Å². The Morgan fingerprint density at radius 3 is 2.31 bits per heavy atom. The molecular formula is C25H27N3O4. The summed E-state index contributed by atoms with van der Waals surface area (Å²) in [6.45, 7) is 3.13. The molecule has 0 radical (unpaired) electrons. The molecule has 1 spiro atoms. The van der Waals surface area contributed by atoms with E-state index in [0.29, 0.717) is 36.3 Å². The molecule has 0 unspecified atom stereocenters. The molecule has 1 atom stereocenters. The van der Waals surface area contributed by atoms with Crippen molar-refractivity contribution in [3.8, 4) is 0 Å². The number of ketones is 1. The van der Waals surface area contributed by atoms with E-state index in [9.17, 15) is 19.5 Å². The molecule has 2 aliphatic heterocycles. The highest BCUT2D eigenvalue weighted by Crippen LogP contribution is 2.53. The molecule has 1 saturated heterocycles. The summed E-state index contributed by atoms with van der Waals surface area (Å²) in [5.74, 6) is -2.32. The summed E-state index contributed by atoms with van der Waals surface area (Å²) in [7, 11) is 3.85. The molecule has 1 fully saturated rings. The molecule has 166 valence electrons. The lowest BCUT2D eigenvalue weighted by Gasteiger charge is -2.34. The first-order valence-corrected chi connectivity index (χ1v) is 10.8. The first-order chi connectivity index (χ1) is 15.4. The summed E-state index contributed by atoms with van der Waals surface area (Å²) in [4.78, 5) is 45.5. The number of fused-ring (bicyclic) bond motifs is 2. The van der Waals surface area contributed by atoms with Crippen LogP contribution in [0.1, 0.15) is 24.5 Å². The highest BCUT2D eigenvalue weighted by Gasteiger charge is 2.66. The SMILES string of the molecule is CCN1C(=O)[C@]2(C(=C(O)c3ccccc3)C(=O)C(=O)N2CCCN(C)C)c2ccccc21. The van der Waals surface area contributed by atoms with Gasteiger partial charge < -0.3 is 19.8 Å². The van der Waals surface area contributed by atoms with Gasteiger partial charge in [0.15, 0.2) is 5.54 Å². The number of nitrogens with zero attached hydrogens (tertiary/aromatic N) is 3. The van der Waals surface area contributed by atoms with E-state index in [1.165, 1.54) is 4.90 Å². The zero-order chi connectivity index (χ0) is 23.0. The Morgan fingerprint density at radius 2 is 1.66 bits per heavy atom. The predicted molar refractivity (Wildman–Crippen MR) is 122 cm³/mol. The highest BCUT2D eigenvalue weighted by atomic mass is 16.3. The summed E-state index contributed by atoms with van der Waals surface area (Å²) < 4.78 is 0. The average molecular weight is 434 g/mol. The highest BCUT2D eigenvalue weighted by molar-refractivity contribution is 6.50.